The molecule has 0 saturated heterocycles. The predicted octanol–water partition coefficient (Wildman–Crippen LogP) is -1.52. The Balaban J connectivity index is 3.94. The first-order valence-corrected chi connectivity index (χ1v) is 3.26. The number of rotatable bonds is 3. The average molecular weight is 149 g/mol. The van der Waals surface area contributed by atoms with Crippen molar-refractivity contribution < 1.29 is 23.8 Å². The number of carboxylic acids is 1. The van der Waals surface area contributed by atoms with Gasteiger partial charge in [-0.3, -0.25) is 4.79 Å². The molecule has 0 aromatic carbocycles. The maximum atomic E-state index is 9.91. The molecule has 0 spiro atoms. The Morgan fingerprint density at radius 1 is 1.33 bits per heavy atom. The Kier molecular flexibility index (Phi) is 2.81. The molecule has 0 aliphatic heterocycles. The maximum Gasteiger partial charge on any atom is 0.323 e. The highest BCUT2D eigenvalue weighted by Gasteiger charge is 2.04. The monoisotopic (exact) mass is 149 g/mol. The number of hydrogen-bond acceptors (Lipinski definition) is 5. The van der Waals surface area contributed by atoms with E-state index in [0.717, 1.165) is 0 Å². The number of carboxylic acid groups (broad SMARTS) is 1. The standard InChI is InChI=1S/C3H3O5P/c4-2(3(5)6)1-9(7)8/h1H2,(H,5,6)/p-1. The zero-order valence-electron chi connectivity index (χ0n) is 4.20. The van der Waals surface area contributed by atoms with Gasteiger partial charge in [0.2, 0.25) is 0 Å². The average Bonchev–Trinajstić information content (AvgIpc) is 1.63. The van der Waals surface area contributed by atoms with Gasteiger partial charge in [-0.25, -0.2) is 9.13 Å². The molecule has 0 bridgehead atoms. The van der Waals surface area contributed by atoms with E-state index in [1.54, 1.807) is 0 Å². The van der Waals surface area contributed by atoms with Crippen LogP contribution in [-0.2, 0) is 18.7 Å². The second-order valence-corrected chi connectivity index (χ2v) is 2.18. The SMILES string of the molecule is O=C([O-])C(=O)CP(=O)=O. The quantitative estimate of drug-likeness (QED) is 0.358. The van der Waals surface area contributed by atoms with Gasteiger partial charge in [0.15, 0.2) is 5.78 Å². The lowest BCUT2D eigenvalue weighted by Crippen LogP contribution is -2.32. The summed E-state index contributed by atoms with van der Waals surface area (Å²) in [4.78, 5) is 19.4. The molecule has 0 amide bonds. The number of ketones is 1. The van der Waals surface area contributed by atoms with Crippen LogP contribution in [0.3, 0.4) is 0 Å². The van der Waals surface area contributed by atoms with Gasteiger partial charge in [-0.2, -0.15) is 0 Å². The number of Topliss-reactive ketones (excluding diaryl/α,β-unsaturated/α-hetero) is 1. The second-order valence-electron chi connectivity index (χ2n) is 1.20. The van der Waals surface area contributed by atoms with Gasteiger partial charge in [-0.15, -0.1) is 0 Å². The number of hydrogen-bond donors (Lipinski definition) is 0. The Bertz CT molecular complexity index is 194. The third-order valence-corrected chi connectivity index (χ3v) is 1.05. The van der Waals surface area contributed by atoms with Crippen molar-refractivity contribution in [1.82, 2.24) is 0 Å². The highest BCUT2D eigenvalue weighted by molar-refractivity contribution is 7.32. The van der Waals surface area contributed by atoms with E-state index in [9.17, 15) is 23.8 Å². The third kappa shape index (κ3) is 3.61. The van der Waals surface area contributed by atoms with Gasteiger partial charge < -0.3 is 9.90 Å². The van der Waals surface area contributed by atoms with Crippen molar-refractivity contribution in [3.05, 3.63) is 0 Å². The molecule has 0 aromatic heterocycles. The lowest BCUT2D eigenvalue weighted by Gasteiger charge is -1.91. The predicted molar refractivity (Wildman–Crippen MR) is 23.2 cm³/mol. The summed E-state index contributed by atoms with van der Waals surface area (Å²) < 4.78 is 19.3. The van der Waals surface area contributed by atoms with Gasteiger partial charge in [0.05, 0.1) is 0 Å². The molecule has 0 rings (SSSR count). The van der Waals surface area contributed by atoms with Gasteiger partial charge in [0.1, 0.15) is 12.1 Å². The van der Waals surface area contributed by atoms with Crippen molar-refractivity contribution in [2.75, 3.05) is 6.16 Å². The zero-order valence-corrected chi connectivity index (χ0v) is 5.09. The van der Waals surface area contributed by atoms with E-state index in [1.807, 2.05) is 0 Å². The number of carbonyl (C=O) groups excluding carboxylic acids is 2. The molecule has 0 atom stereocenters. The van der Waals surface area contributed by atoms with Crippen LogP contribution >= 0.6 is 7.68 Å². The van der Waals surface area contributed by atoms with Crippen LogP contribution in [-0.4, -0.2) is 17.9 Å². The molecule has 0 heterocycles. The van der Waals surface area contributed by atoms with Crippen LogP contribution in [0.2, 0.25) is 0 Å². The topological polar surface area (TPSA) is 91.3 Å². The van der Waals surface area contributed by atoms with E-state index in [2.05, 4.69) is 0 Å². The lowest BCUT2D eigenvalue weighted by molar-refractivity contribution is -0.299. The fraction of sp³-hybridized carbons (Fsp3) is 0.333. The molecule has 0 N–H and O–H groups in total. The molecular weight excluding hydrogens is 147 g/mol. The molecule has 9 heavy (non-hydrogen) atoms. The molecule has 6 heteroatoms. The lowest BCUT2D eigenvalue weighted by atomic mass is 10.5. The molecular formula is C3H2O5P-. The minimum absolute atomic E-state index is 0.975. The van der Waals surface area contributed by atoms with Crippen molar-refractivity contribution in [3.8, 4) is 0 Å². The van der Waals surface area contributed by atoms with Gasteiger partial charge in [-0.05, 0) is 0 Å². The molecule has 5 nitrogen and oxygen atoms in total. The highest BCUT2D eigenvalue weighted by atomic mass is 31.1. The second kappa shape index (κ2) is 3.14. The summed E-state index contributed by atoms with van der Waals surface area (Å²) in [6.45, 7) is 0. The summed E-state index contributed by atoms with van der Waals surface area (Å²) >= 11 is 0. The van der Waals surface area contributed by atoms with E-state index in [-0.39, 0.29) is 0 Å². The first-order chi connectivity index (χ1) is 4.04. The number of aliphatic carboxylic acids is 1. The molecule has 0 aliphatic carbocycles. The molecule has 0 fully saturated rings. The molecule has 0 saturated carbocycles. The molecule has 0 unspecified atom stereocenters. The summed E-state index contributed by atoms with van der Waals surface area (Å²) in [5, 5.41) is 9.51. The van der Waals surface area contributed by atoms with Crippen LogP contribution in [0, 0.1) is 0 Å². The zero-order chi connectivity index (χ0) is 7.44. The van der Waals surface area contributed by atoms with Crippen molar-refractivity contribution in [2.24, 2.45) is 0 Å². The van der Waals surface area contributed by atoms with E-state index in [1.165, 1.54) is 0 Å². The van der Waals surface area contributed by atoms with Crippen molar-refractivity contribution in [2.45, 2.75) is 0 Å². The summed E-state index contributed by atoms with van der Waals surface area (Å²) in [5.74, 6) is -3.37. The molecule has 50 valence electrons. The fourth-order valence-electron chi connectivity index (χ4n) is 0.182. The van der Waals surface area contributed by atoms with E-state index >= 15 is 0 Å². The van der Waals surface area contributed by atoms with Gasteiger partial charge in [0.25, 0.3) is 0 Å². The molecule has 0 aromatic rings. The minimum atomic E-state index is -2.94. The Labute approximate surface area is 50.5 Å². The van der Waals surface area contributed by atoms with Crippen LogP contribution < -0.4 is 5.11 Å². The van der Waals surface area contributed by atoms with Crippen molar-refractivity contribution in [3.63, 3.8) is 0 Å². The largest absolute Gasteiger partial charge is 0.542 e. The Hall–Kier alpha value is -0.960. The van der Waals surface area contributed by atoms with Gasteiger partial charge in [-0.1, -0.05) is 0 Å². The Morgan fingerprint density at radius 2 is 1.78 bits per heavy atom. The first-order valence-electron chi connectivity index (χ1n) is 1.90. The van der Waals surface area contributed by atoms with E-state index < -0.39 is 25.6 Å². The summed E-state index contributed by atoms with van der Waals surface area (Å²) in [5.41, 5.74) is 0. The summed E-state index contributed by atoms with van der Waals surface area (Å²) in [6, 6.07) is 0. The fourth-order valence-corrected chi connectivity index (χ4v) is 0.545. The van der Waals surface area contributed by atoms with Crippen LogP contribution in [0.15, 0.2) is 0 Å². The van der Waals surface area contributed by atoms with Crippen LogP contribution in [0.4, 0.5) is 0 Å². The Morgan fingerprint density at radius 3 is 1.89 bits per heavy atom. The summed E-state index contributed by atoms with van der Waals surface area (Å²) in [7, 11) is -2.94. The van der Waals surface area contributed by atoms with Crippen LogP contribution in [0.25, 0.3) is 0 Å². The minimum Gasteiger partial charge on any atom is -0.542 e. The summed E-state index contributed by atoms with van der Waals surface area (Å²) in [6.07, 6.45) is -0.975. The van der Waals surface area contributed by atoms with E-state index in [4.69, 9.17) is 0 Å². The normalized spacial score (nSPS) is 8.44. The van der Waals surface area contributed by atoms with Crippen LogP contribution in [0.5, 0.6) is 0 Å². The molecule has 0 radical (unpaired) electrons. The van der Waals surface area contributed by atoms with Crippen molar-refractivity contribution in [1.29, 1.82) is 0 Å². The highest BCUT2D eigenvalue weighted by Crippen LogP contribution is 2.00. The molecule has 0 aliphatic rings. The van der Waals surface area contributed by atoms with Gasteiger partial charge >= 0.3 is 7.68 Å². The van der Waals surface area contributed by atoms with Crippen LogP contribution in [0.1, 0.15) is 0 Å². The van der Waals surface area contributed by atoms with Crippen molar-refractivity contribution >= 4 is 19.4 Å². The number of carbonyl (C=O) groups is 2. The van der Waals surface area contributed by atoms with Gasteiger partial charge in [0, 0.05) is 0 Å². The third-order valence-electron chi connectivity index (χ3n) is 0.500. The smallest absolute Gasteiger partial charge is 0.323 e. The van der Waals surface area contributed by atoms with E-state index in [0.29, 0.717) is 0 Å². The maximum absolute atomic E-state index is 9.91. The first kappa shape index (κ1) is 8.04.